The second-order valence-electron chi connectivity index (χ2n) is 4.29. The molecule has 0 saturated carbocycles. The van der Waals surface area contributed by atoms with E-state index in [0.717, 1.165) is 0 Å². The minimum absolute atomic E-state index is 0.143. The Balaban J connectivity index is 2.17. The first-order valence-electron chi connectivity index (χ1n) is 6.69. The molecule has 108 valence electrons. The Morgan fingerprint density at radius 1 is 0.952 bits per heavy atom. The molecule has 2 aromatic carbocycles. The number of hydrogen-bond donors (Lipinski definition) is 0. The Kier molecular flexibility index (Phi) is 5.10. The normalized spacial score (nSPS) is 9.95. The second kappa shape index (κ2) is 7.24. The van der Waals surface area contributed by atoms with Crippen LogP contribution in [0.2, 0.25) is 0 Å². The summed E-state index contributed by atoms with van der Waals surface area (Å²) in [7, 11) is 0. The van der Waals surface area contributed by atoms with Gasteiger partial charge in [-0.1, -0.05) is 42.5 Å². The maximum Gasteiger partial charge on any atom is 0.344 e. The molecule has 0 N–H and O–H groups in total. The molecule has 0 amide bonds. The third kappa shape index (κ3) is 3.92. The monoisotopic (exact) mass is 284 g/mol. The molecule has 0 radical (unpaired) electrons. The molecule has 0 aliphatic carbocycles. The highest BCUT2D eigenvalue weighted by Gasteiger charge is 2.15. The lowest BCUT2D eigenvalue weighted by atomic mass is 10.0. The van der Waals surface area contributed by atoms with E-state index in [1.807, 2.05) is 6.07 Å². The topological polar surface area (TPSA) is 52.6 Å². The number of benzene rings is 2. The van der Waals surface area contributed by atoms with E-state index >= 15 is 0 Å². The zero-order valence-electron chi connectivity index (χ0n) is 11.7. The van der Waals surface area contributed by atoms with Crippen LogP contribution in [0.15, 0.2) is 54.6 Å². The fraction of sp³-hybridized carbons (Fsp3) is 0.176. The third-order valence-corrected chi connectivity index (χ3v) is 2.82. The quantitative estimate of drug-likeness (QED) is 0.604. The highest BCUT2D eigenvalue weighted by Crippen LogP contribution is 2.21. The largest absolute Gasteiger partial charge is 0.481 e. The number of hydrogen-bond acceptors (Lipinski definition) is 4. The Hall–Kier alpha value is -2.62. The summed E-state index contributed by atoms with van der Waals surface area (Å²) in [5, 5.41) is 0. The molecule has 0 aliphatic rings. The van der Waals surface area contributed by atoms with Crippen molar-refractivity contribution in [2.45, 2.75) is 6.92 Å². The molecular weight excluding hydrogens is 268 g/mol. The van der Waals surface area contributed by atoms with Crippen LogP contribution in [0.4, 0.5) is 0 Å². The van der Waals surface area contributed by atoms with Crippen molar-refractivity contribution in [2.75, 3.05) is 13.2 Å². The summed E-state index contributed by atoms with van der Waals surface area (Å²) in [6.07, 6.45) is 0. The molecule has 0 aromatic heterocycles. The van der Waals surface area contributed by atoms with Gasteiger partial charge in [0.1, 0.15) is 5.75 Å². The molecule has 0 bridgehead atoms. The van der Waals surface area contributed by atoms with E-state index in [9.17, 15) is 9.59 Å². The molecule has 4 nitrogen and oxygen atoms in total. The molecule has 0 fully saturated rings. The molecule has 0 aliphatic heterocycles. The minimum Gasteiger partial charge on any atom is -0.481 e. The van der Waals surface area contributed by atoms with Crippen molar-refractivity contribution in [3.8, 4) is 5.75 Å². The van der Waals surface area contributed by atoms with Gasteiger partial charge in [0, 0.05) is 5.56 Å². The van der Waals surface area contributed by atoms with Gasteiger partial charge in [-0.05, 0) is 19.1 Å². The average Bonchev–Trinajstić information content (AvgIpc) is 2.54. The highest BCUT2D eigenvalue weighted by molar-refractivity contribution is 6.10. The first-order chi connectivity index (χ1) is 10.2. The van der Waals surface area contributed by atoms with Crippen molar-refractivity contribution in [2.24, 2.45) is 0 Å². The SMILES string of the molecule is CCOC(=O)COc1ccccc1C(=O)c1ccccc1. The van der Waals surface area contributed by atoms with Crippen LogP contribution in [0.5, 0.6) is 5.75 Å². The predicted molar refractivity (Wildman–Crippen MR) is 78.4 cm³/mol. The lowest BCUT2D eigenvalue weighted by Crippen LogP contribution is -2.16. The highest BCUT2D eigenvalue weighted by atomic mass is 16.6. The van der Waals surface area contributed by atoms with Crippen LogP contribution >= 0.6 is 0 Å². The zero-order chi connectivity index (χ0) is 15.1. The number of rotatable bonds is 6. The van der Waals surface area contributed by atoms with Gasteiger partial charge in [0.15, 0.2) is 12.4 Å². The van der Waals surface area contributed by atoms with Crippen LogP contribution in [-0.4, -0.2) is 25.0 Å². The molecule has 0 saturated heterocycles. The molecule has 0 unspecified atom stereocenters. The summed E-state index contributed by atoms with van der Waals surface area (Å²) in [4.78, 5) is 23.8. The average molecular weight is 284 g/mol. The van der Waals surface area contributed by atoms with Crippen LogP contribution in [0.3, 0.4) is 0 Å². The van der Waals surface area contributed by atoms with E-state index in [2.05, 4.69) is 0 Å². The summed E-state index contributed by atoms with van der Waals surface area (Å²) in [6.45, 7) is 1.81. The standard InChI is InChI=1S/C17H16O4/c1-2-20-16(18)12-21-15-11-7-6-10-14(15)17(19)13-8-4-3-5-9-13/h3-11H,2,12H2,1H3. The second-order valence-corrected chi connectivity index (χ2v) is 4.29. The van der Waals surface area contributed by atoms with E-state index in [1.54, 1.807) is 55.5 Å². The molecule has 2 rings (SSSR count). The lowest BCUT2D eigenvalue weighted by molar-refractivity contribution is -0.145. The molecular formula is C17H16O4. The Bertz CT molecular complexity index is 620. The smallest absolute Gasteiger partial charge is 0.344 e. The number of carbonyl (C=O) groups excluding carboxylic acids is 2. The number of esters is 1. The molecule has 4 heteroatoms. The molecule has 0 spiro atoms. The Labute approximate surface area is 123 Å². The Morgan fingerprint density at radius 2 is 1.62 bits per heavy atom. The molecule has 21 heavy (non-hydrogen) atoms. The van der Waals surface area contributed by atoms with Gasteiger partial charge in [0.2, 0.25) is 0 Å². The number of carbonyl (C=O) groups is 2. The summed E-state index contributed by atoms with van der Waals surface area (Å²) in [5.74, 6) is -0.228. The maximum absolute atomic E-state index is 12.4. The van der Waals surface area contributed by atoms with Crippen molar-refractivity contribution >= 4 is 11.8 Å². The Morgan fingerprint density at radius 3 is 2.33 bits per heavy atom. The van der Waals surface area contributed by atoms with E-state index in [1.165, 1.54) is 0 Å². The van der Waals surface area contributed by atoms with Crippen LogP contribution in [-0.2, 0) is 9.53 Å². The minimum atomic E-state index is -0.459. The van der Waals surface area contributed by atoms with E-state index in [4.69, 9.17) is 9.47 Å². The van der Waals surface area contributed by atoms with Crippen molar-refractivity contribution in [3.05, 3.63) is 65.7 Å². The number of ether oxygens (including phenoxy) is 2. The molecule has 0 atom stereocenters. The first-order valence-corrected chi connectivity index (χ1v) is 6.69. The van der Waals surface area contributed by atoms with Gasteiger partial charge < -0.3 is 9.47 Å². The van der Waals surface area contributed by atoms with E-state index < -0.39 is 5.97 Å². The van der Waals surface area contributed by atoms with Crippen LogP contribution in [0, 0.1) is 0 Å². The molecule has 0 heterocycles. The molecule has 2 aromatic rings. The van der Waals surface area contributed by atoms with Crippen LogP contribution < -0.4 is 4.74 Å². The fourth-order valence-electron chi connectivity index (χ4n) is 1.86. The third-order valence-electron chi connectivity index (χ3n) is 2.82. The van der Waals surface area contributed by atoms with Gasteiger partial charge in [-0.25, -0.2) is 4.79 Å². The predicted octanol–water partition coefficient (Wildman–Crippen LogP) is 2.86. The summed E-state index contributed by atoms with van der Waals surface area (Å²) < 4.78 is 10.2. The first kappa shape index (κ1) is 14.8. The van der Waals surface area contributed by atoms with Gasteiger partial charge >= 0.3 is 5.97 Å². The summed E-state index contributed by atoms with van der Waals surface area (Å²) in [5.41, 5.74) is 0.998. The van der Waals surface area contributed by atoms with Crippen molar-refractivity contribution in [3.63, 3.8) is 0 Å². The van der Waals surface area contributed by atoms with Crippen molar-refractivity contribution in [1.29, 1.82) is 0 Å². The lowest BCUT2D eigenvalue weighted by Gasteiger charge is -2.10. The van der Waals surface area contributed by atoms with Crippen LogP contribution in [0.25, 0.3) is 0 Å². The van der Waals surface area contributed by atoms with Crippen molar-refractivity contribution in [1.82, 2.24) is 0 Å². The van der Waals surface area contributed by atoms with Crippen LogP contribution in [0.1, 0.15) is 22.8 Å². The van der Waals surface area contributed by atoms with Crippen molar-refractivity contribution < 1.29 is 19.1 Å². The van der Waals surface area contributed by atoms with E-state index in [0.29, 0.717) is 23.5 Å². The summed E-state index contributed by atoms with van der Waals surface area (Å²) >= 11 is 0. The van der Waals surface area contributed by atoms with Gasteiger partial charge in [-0.3, -0.25) is 4.79 Å². The van der Waals surface area contributed by atoms with E-state index in [-0.39, 0.29) is 12.4 Å². The van der Waals surface area contributed by atoms with Gasteiger partial charge in [0.05, 0.1) is 12.2 Å². The van der Waals surface area contributed by atoms with Gasteiger partial charge in [0.25, 0.3) is 0 Å². The zero-order valence-corrected chi connectivity index (χ0v) is 11.7. The fourth-order valence-corrected chi connectivity index (χ4v) is 1.86. The summed E-state index contributed by atoms with van der Waals surface area (Å²) in [6, 6.07) is 15.8. The van der Waals surface area contributed by atoms with Gasteiger partial charge in [-0.2, -0.15) is 0 Å². The number of ketones is 1. The maximum atomic E-state index is 12.4. The van der Waals surface area contributed by atoms with Gasteiger partial charge in [-0.15, -0.1) is 0 Å². The number of para-hydroxylation sites is 1.